The van der Waals surface area contributed by atoms with Crippen LogP contribution in [0.15, 0.2) is 24.3 Å². The predicted octanol–water partition coefficient (Wildman–Crippen LogP) is 3.23. The summed E-state index contributed by atoms with van der Waals surface area (Å²) < 4.78 is 34.8. The van der Waals surface area contributed by atoms with Crippen LogP contribution in [0.3, 0.4) is 0 Å². The van der Waals surface area contributed by atoms with E-state index in [-0.39, 0.29) is 12.0 Å². The lowest BCUT2D eigenvalue weighted by Gasteiger charge is -2.22. The van der Waals surface area contributed by atoms with Gasteiger partial charge in [-0.05, 0) is 26.3 Å². The number of esters is 1. The Bertz CT molecular complexity index is 538. The second kappa shape index (κ2) is 7.89. The molecule has 0 heterocycles. The topological polar surface area (TPSA) is 64.6 Å². The van der Waals surface area contributed by atoms with Gasteiger partial charge in [0.25, 0.3) is 6.43 Å². The predicted molar refractivity (Wildman–Crippen MR) is 80.3 cm³/mol. The van der Waals surface area contributed by atoms with Crippen molar-refractivity contribution in [1.82, 2.24) is 5.32 Å². The van der Waals surface area contributed by atoms with E-state index in [1.54, 1.807) is 20.8 Å². The standard InChI is InChI=1S/C16H21F2NO4/c1-16(2,3)23-15(21)19-12(14(20)22-4)9-10-5-7-11(8-6-10)13(17)18/h5-8,12-13H,9H2,1-4H3,(H,19,21). The lowest BCUT2D eigenvalue weighted by atomic mass is 10.0. The van der Waals surface area contributed by atoms with Gasteiger partial charge in [0, 0.05) is 12.0 Å². The number of halogens is 2. The SMILES string of the molecule is COC(=O)C(Cc1ccc(C(F)F)cc1)NC(=O)OC(C)(C)C. The van der Waals surface area contributed by atoms with Crippen molar-refractivity contribution in [3.8, 4) is 0 Å². The van der Waals surface area contributed by atoms with E-state index < -0.39 is 30.1 Å². The van der Waals surface area contributed by atoms with Crippen LogP contribution in [0, 0.1) is 0 Å². The minimum absolute atomic E-state index is 0.107. The Kier molecular flexibility index (Phi) is 6.48. The molecule has 7 heteroatoms. The zero-order valence-electron chi connectivity index (χ0n) is 13.6. The van der Waals surface area contributed by atoms with Gasteiger partial charge in [0.15, 0.2) is 0 Å². The number of hydrogen-bond donors (Lipinski definition) is 1. The average molecular weight is 329 g/mol. The van der Waals surface area contributed by atoms with Crippen LogP contribution in [0.4, 0.5) is 13.6 Å². The summed E-state index contributed by atoms with van der Waals surface area (Å²) >= 11 is 0. The van der Waals surface area contributed by atoms with Crippen molar-refractivity contribution < 1.29 is 27.8 Å². The molecular weight excluding hydrogens is 308 g/mol. The number of ether oxygens (including phenoxy) is 2. The van der Waals surface area contributed by atoms with Crippen LogP contribution in [0.1, 0.15) is 38.3 Å². The van der Waals surface area contributed by atoms with Crippen molar-refractivity contribution in [2.24, 2.45) is 0 Å². The van der Waals surface area contributed by atoms with Crippen molar-refractivity contribution in [2.45, 2.75) is 45.3 Å². The number of alkyl halides is 2. The number of carbonyl (C=O) groups is 2. The molecule has 1 rings (SSSR count). The van der Waals surface area contributed by atoms with Crippen molar-refractivity contribution in [3.63, 3.8) is 0 Å². The number of methoxy groups -OCH3 is 1. The van der Waals surface area contributed by atoms with Gasteiger partial charge in [0.05, 0.1) is 7.11 Å². The minimum atomic E-state index is -2.56. The van der Waals surface area contributed by atoms with Gasteiger partial charge in [-0.15, -0.1) is 0 Å². The molecule has 23 heavy (non-hydrogen) atoms. The maximum Gasteiger partial charge on any atom is 0.408 e. The van der Waals surface area contributed by atoms with Crippen LogP contribution in [0.5, 0.6) is 0 Å². The third-order valence-corrected chi connectivity index (χ3v) is 2.85. The summed E-state index contributed by atoms with van der Waals surface area (Å²) in [7, 11) is 1.20. The zero-order valence-corrected chi connectivity index (χ0v) is 13.6. The van der Waals surface area contributed by atoms with Gasteiger partial charge in [-0.3, -0.25) is 0 Å². The van der Waals surface area contributed by atoms with E-state index in [1.807, 2.05) is 0 Å². The largest absolute Gasteiger partial charge is 0.467 e. The van der Waals surface area contributed by atoms with Crippen LogP contribution in [-0.2, 0) is 20.7 Å². The van der Waals surface area contributed by atoms with Crippen molar-refractivity contribution in [1.29, 1.82) is 0 Å². The van der Waals surface area contributed by atoms with E-state index in [0.29, 0.717) is 5.56 Å². The molecule has 1 unspecified atom stereocenters. The highest BCUT2D eigenvalue weighted by Crippen LogP contribution is 2.19. The second-order valence-electron chi connectivity index (χ2n) is 5.97. The maximum atomic E-state index is 12.5. The van der Waals surface area contributed by atoms with E-state index in [1.165, 1.54) is 31.4 Å². The van der Waals surface area contributed by atoms with E-state index >= 15 is 0 Å². The summed E-state index contributed by atoms with van der Waals surface area (Å²) in [5.74, 6) is -0.645. The van der Waals surface area contributed by atoms with Gasteiger partial charge in [-0.25, -0.2) is 18.4 Å². The molecule has 1 aromatic rings. The number of carbonyl (C=O) groups excluding carboxylic acids is 2. The van der Waals surface area contributed by atoms with E-state index in [2.05, 4.69) is 10.1 Å². The van der Waals surface area contributed by atoms with Gasteiger partial charge in [0.1, 0.15) is 11.6 Å². The molecule has 1 amide bonds. The quantitative estimate of drug-likeness (QED) is 0.842. The first kappa shape index (κ1) is 18.9. The summed E-state index contributed by atoms with van der Waals surface area (Å²) in [5, 5.41) is 2.43. The van der Waals surface area contributed by atoms with Crippen LogP contribution in [0.25, 0.3) is 0 Å². The van der Waals surface area contributed by atoms with Gasteiger partial charge < -0.3 is 14.8 Å². The molecule has 128 valence electrons. The monoisotopic (exact) mass is 329 g/mol. The number of alkyl carbamates (subject to hydrolysis) is 1. The number of nitrogens with one attached hydrogen (secondary N) is 1. The number of amides is 1. The normalized spacial score (nSPS) is 12.7. The fraction of sp³-hybridized carbons (Fsp3) is 0.500. The molecule has 0 fully saturated rings. The Balaban J connectivity index is 2.78. The van der Waals surface area contributed by atoms with E-state index in [4.69, 9.17) is 4.74 Å². The van der Waals surface area contributed by atoms with Gasteiger partial charge >= 0.3 is 12.1 Å². The number of hydrogen-bond acceptors (Lipinski definition) is 4. The molecule has 0 saturated heterocycles. The third-order valence-electron chi connectivity index (χ3n) is 2.85. The minimum Gasteiger partial charge on any atom is -0.467 e. The molecule has 0 aliphatic carbocycles. The molecule has 0 radical (unpaired) electrons. The van der Waals surface area contributed by atoms with E-state index in [9.17, 15) is 18.4 Å². The Hall–Kier alpha value is -2.18. The Morgan fingerprint density at radius 1 is 1.17 bits per heavy atom. The molecule has 0 aliphatic heterocycles. The van der Waals surface area contributed by atoms with E-state index in [0.717, 1.165) is 0 Å². The molecular formula is C16H21F2NO4. The fourth-order valence-electron chi connectivity index (χ4n) is 1.82. The third kappa shape index (κ3) is 6.63. The first-order chi connectivity index (χ1) is 10.6. The Morgan fingerprint density at radius 2 is 1.74 bits per heavy atom. The number of benzene rings is 1. The highest BCUT2D eigenvalue weighted by molar-refractivity contribution is 5.81. The first-order valence-corrected chi connectivity index (χ1v) is 7.06. The average Bonchev–Trinajstić information content (AvgIpc) is 2.44. The molecule has 1 N–H and O–H groups in total. The summed E-state index contributed by atoms with van der Waals surface area (Å²) in [6.07, 6.45) is -3.20. The fourth-order valence-corrected chi connectivity index (χ4v) is 1.82. The number of rotatable bonds is 5. The summed E-state index contributed by atoms with van der Waals surface area (Å²) in [5.41, 5.74) is -0.201. The molecule has 1 atom stereocenters. The van der Waals surface area contributed by atoms with Crippen LogP contribution in [-0.4, -0.2) is 30.8 Å². The lowest BCUT2D eigenvalue weighted by molar-refractivity contribution is -0.143. The second-order valence-corrected chi connectivity index (χ2v) is 5.97. The molecule has 0 spiro atoms. The van der Waals surface area contributed by atoms with Crippen LogP contribution in [0.2, 0.25) is 0 Å². The zero-order chi connectivity index (χ0) is 17.6. The van der Waals surface area contributed by atoms with Crippen molar-refractivity contribution >= 4 is 12.1 Å². The maximum absolute atomic E-state index is 12.5. The molecule has 0 saturated carbocycles. The van der Waals surface area contributed by atoms with Gasteiger partial charge in [0.2, 0.25) is 0 Å². The Morgan fingerprint density at radius 3 is 2.17 bits per heavy atom. The summed E-state index contributed by atoms with van der Waals surface area (Å²) in [4.78, 5) is 23.6. The Labute approximate surface area is 134 Å². The highest BCUT2D eigenvalue weighted by atomic mass is 19.3. The molecule has 0 bridgehead atoms. The molecule has 5 nitrogen and oxygen atoms in total. The summed E-state index contributed by atoms with van der Waals surface area (Å²) in [6, 6.07) is 4.55. The smallest absolute Gasteiger partial charge is 0.408 e. The molecule has 1 aromatic carbocycles. The highest BCUT2D eigenvalue weighted by Gasteiger charge is 2.25. The summed E-state index contributed by atoms with van der Waals surface area (Å²) in [6.45, 7) is 5.09. The van der Waals surface area contributed by atoms with Gasteiger partial charge in [-0.2, -0.15) is 0 Å². The van der Waals surface area contributed by atoms with Crippen molar-refractivity contribution in [3.05, 3.63) is 35.4 Å². The van der Waals surface area contributed by atoms with Crippen LogP contribution >= 0.6 is 0 Å². The van der Waals surface area contributed by atoms with Gasteiger partial charge in [-0.1, -0.05) is 24.3 Å². The lowest BCUT2D eigenvalue weighted by Crippen LogP contribution is -2.45. The van der Waals surface area contributed by atoms with Crippen LogP contribution < -0.4 is 5.32 Å². The van der Waals surface area contributed by atoms with Crippen molar-refractivity contribution in [2.75, 3.05) is 7.11 Å². The molecule has 0 aliphatic rings. The first-order valence-electron chi connectivity index (χ1n) is 7.06. The molecule has 0 aromatic heterocycles.